The number of para-hydroxylation sites is 1. The highest BCUT2D eigenvalue weighted by molar-refractivity contribution is 5.88. The maximum absolute atomic E-state index is 9.91. The topological polar surface area (TPSA) is 122 Å². The summed E-state index contributed by atoms with van der Waals surface area (Å²) in [6, 6.07) is 7.13. The van der Waals surface area contributed by atoms with E-state index in [2.05, 4.69) is 20.8 Å². The highest BCUT2D eigenvalue weighted by Gasteiger charge is 2.17. The van der Waals surface area contributed by atoms with Gasteiger partial charge in [0.2, 0.25) is 0 Å². The molecule has 1 aromatic carbocycles. The summed E-state index contributed by atoms with van der Waals surface area (Å²) in [6.45, 7) is 0. The van der Waals surface area contributed by atoms with Crippen LogP contribution in [0.4, 0.5) is 11.6 Å². The number of anilines is 2. The van der Waals surface area contributed by atoms with Gasteiger partial charge in [-0.3, -0.25) is 0 Å². The van der Waals surface area contributed by atoms with E-state index in [9.17, 15) is 5.11 Å². The van der Waals surface area contributed by atoms with Crippen LogP contribution < -0.4 is 22.5 Å². The molecular weight excluding hydrogens is 280 g/mol. The van der Waals surface area contributed by atoms with Gasteiger partial charge in [0.1, 0.15) is 5.75 Å². The Hall–Kier alpha value is -2.90. The van der Waals surface area contributed by atoms with Crippen molar-refractivity contribution in [1.82, 2.24) is 9.97 Å². The molecule has 1 heterocycles. The zero-order valence-electron chi connectivity index (χ0n) is 11.7. The van der Waals surface area contributed by atoms with Crippen LogP contribution in [0.25, 0.3) is 17.7 Å². The van der Waals surface area contributed by atoms with E-state index < -0.39 is 0 Å². The van der Waals surface area contributed by atoms with Crippen molar-refractivity contribution in [2.75, 3.05) is 10.9 Å². The molecule has 0 amide bonds. The molecule has 1 aromatic heterocycles. The standard InChI is InChI=1S/C15H16N6O/c16-20-14-15(21-17)19-13-10(5-3-6-11(13)18-14)8-9-4-1-2-7-12(9)22/h1-4,6-8,22H,5,16-17H2,(H,18,20)(H,19,21). The zero-order chi connectivity index (χ0) is 15.5. The second kappa shape index (κ2) is 5.84. The number of hydrazine groups is 2. The van der Waals surface area contributed by atoms with E-state index in [0.29, 0.717) is 29.4 Å². The van der Waals surface area contributed by atoms with E-state index in [1.165, 1.54) is 0 Å². The summed E-state index contributed by atoms with van der Waals surface area (Å²) >= 11 is 0. The molecule has 22 heavy (non-hydrogen) atoms. The maximum Gasteiger partial charge on any atom is 0.185 e. The molecule has 0 saturated carbocycles. The highest BCUT2D eigenvalue weighted by atomic mass is 16.3. The Bertz CT molecular complexity index is 769. The number of allylic oxidation sites excluding steroid dienone is 2. The number of hydrogen-bond acceptors (Lipinski definition) is 7. The van der Waals surface area contributed by atoms with E-state index in [-0.39, 0.29) is 5.75 Å². The average molecular weight is 296 g/mol. The second-order valence-corrected chi connectivity index (χ2v) is 4.78. The summed E-state index contributed by atoms with van der Waals surface area (Å²) in [6.07, 6.45) is 6.45. The van der Waals surface area contributed by atoms with Gasteiger partial charge in [0.15, 0.2) is 11.6 Å². The van der Waals surface area contributed by atoms with Crippen LogP contribution in [0.3, 0.4) is 0 Å². The van der Waals surface area contributed by atoms with E-state index >= 15 is 0 Å². The van der Waals surface area contributed by atoms with E-state index in [1.54, 1.807) is 12.1 Å². The molecule has 3 rings (SSSR count). The number of rotatable bonds is 3. The number of phenols is 1. The third-order valence-electron chi connectivity index (χ3n) is 3.38. The SMILES string of the molecule is NNc1nc2c(nc1NN)C(=Cc1ccccc1O)CC=C2. The quantitative estimate of drug-likeness (QED) is 0.431. The van der Waals surface area contributed by atoms with Crippen molar-refractivity contribution in [2.45, 2.75) is 6.42 Å². The minimum atomic E-state index is 0.219. The fourth-order valence-electron chi connectivity index (χ4n) is 2.32. The Morgan fingerprint density at radius 2 is 1.82 bits per heavy atom. The molecule has 7 nitrogen and oxygen atoms in total. The lowest BCUT2D eigenvalue weighted by molar-refractivity contribution is 0.474. The van der Waals surface area contributed by atoms with Gasteiger partial charge < -0.3 is 16.0 Å². The van der Waals surface area contributed by atoms with Gasteiger partial charge in [-0.15, -0.1) is 0 Å². The van der Waals surface area contributed by atoms with Crippen LogP contribution in [0, 0.1) is 0 Å². The lowest BCUT2D eigenvalue weighted by atomic mass is 9.98. The number of nitrogen functional groups attached to an aromatic ring is 2. The Kier molecular flexibility index (Phi) is 3.73. The molecule has 0 fully saturated rings. The van der Waals surface area contributed by atoms with Crippen LogP contribution in [0.15, 0.2) is 30.3 Å². The first kappa shape index (κ1) is 14.1. The van der Waals surface area contributed by atoms with Gasteiger partial charge in [-0.25, -0.2) is 21.7 Å². The zero-order valence-corrected chi connectivity index (χ0v) is 11.7. The number of aromatic hydroxyl groups is 1. The van der Waals surface area contributed by atoms with E-state index in [4.69, 9.17) is 11.7 Å². The second-order valence-electron chi connectivity index (χ2n) is 4.78. The van der Waals surface area contributed by atoms with Gasteiger partial charge in [0.05, 0.1) is 11.4 Å². The fraction of sp³-hybridized carbons (Fsp3) is 0.0667. The van der Waals surface area contributed by atoms with Crippen molar-refractivity contribution in [2.24, 2.45) is 11.7 Å². The molecule has 0 aliphatic heterocycles. The molecule has 0 unspecified atom stereocenters. The Morgan fingerprint density at radius 3 is 2.55 bits per heavy atom. The molecule has 7 N–H and O–H groups in total. The third kappa shape index (κ3) is 2.50. The van der Waals surface area contributed by atoms with E-state index in [0.717, 1.165) is 11.1 Å². The summed E-state index contributed by atoms with van der Waals surface area (Å²) < 4.78 is 0. The number of nitrogens with two attached hydrogens (primary N) is 2. The van der Waals surface area contributed by atoms with Gasteiger partial charge in [-0.1, -0.05) is 24.3 Å². The third-order valence-corrected chi connectivity index (χ3v) is 3.38. The predicted molar refractivity (Wildman–Crippen MR) is 87.3 cm³/mol. The van der Waals surface area contributed by atoms with E-state index in [1.807, 2.05) is 30.4 Å². The molecule has 0 saturated heterocycles. The summed E-state index contributed by atoms with van der Waals surface area (Å²) in [5, 5.41) is 9.91. The summed E-state index contributed by atoms with van der Waals surface area (Å²) in [4.78, 5) is 8.85. The summed E-state index contributed by atoms with van der Waals surface area (Å²) in [5.74, 6) is 11.8. The largest absolute Gasteiger partial charge is 0.507 e. The lowest BCUT2D eigenvalue weighted by Crippen LogP contribution is -2.18. The molecule has 0 bridgehead atoms. The first-order valence-electron chi connectivity index (χ1n) is 6.73. The number of aromatic nitrogens is 2. The summed E-state index contributed by atoms with van der Waals surface area (Å²) in [5.41, 5.74) is 8.00. The van der Waals surface area contributed by atoms with Crippen molar-refractivity contribution in [3.05, 3.63) is 47.3 Å². The number of fused-ring (bicyclic) bond motifs is 1. The molecule has 112 valence electrons. The monoisotopic (exact) mass is 296 g/mol. The van der Waals surface area contributed by atoms with Crippen LogP contribution in [0.2, 0.25) is 0 Å². The average Bonchev–Trinajstić information content (AvgIpc) is 2.56. The first-order chi connectivity index (χ1) is 10.7. The minimum absolute atomic E-state index is 0.219. The Balaban J connectivity index is 2.12. The van der Waals surface area contributed by atoms with Crippen LogP contribution in [-0.4, -0.2) is 15.1 Å². The van der Waals surface area contributed by atoms with Gasteiger partial charge >= 0.3 is 0 Å². The molecule has 1 aliphatic rings. The predicted octanol–water partition coefficient (Wildman–Crippen LogP) is 1.71. The number of hydrogen-bond donors (Lipinski definition) is 5. The smallest absolute Gasteiger partial charge is 0.185 e. The van der Waals surface area contributed by atoms with Gasteiger partial charge in [0, 0.05) is 5.56 Å². The first-order valence-corrected chi connectivity index (χ1v) is 6.73. The molecule has 0 spiro atoms. The minimum Gasteiger partial charge on any atom is -0.507 e. The van der Waals surface area contributed by atoms with Crippen LogP contribution in [-0.2, 0) is 0 Å². The molecule has 7 heteroatoms. The molecule has 0 radical (unpaired) electrons. The van der Waals surface area contributed by atoms with Gasteiger partial charge in [0.25, 0.3) is 0 Å². The highest BCUT2D eigenvalue weighted by Crippen LogP contribution is 2.32. The van der Waals surface area contributed by atoms with Crippen LogP contribution >= 0.6 is 0 Å². The maximum atomic E-state index is 9.91. The molecule has 1 aliphatic carbocycles. The molecular formula is C15H16N6O. The number of benzene rings is 1. The van der Waals surface area contributed by atoms with Crippen molar-refractivity contribution in [3.63, 3.8) is 0 Å². The number of phenolic OH excluding ortho intramolecular Hbond substituents is 1. The van der Waals surface area contributed by atoms with Crippen molar-refractivity contribution >= 4 is 29.4 Å². The van der Waals surface area contributed by atoms with Crippen molar-refractivity contribution < 1.29 is 5.11 Å². The molecule has 2 aromatic rings. The Labute approximate surface area is 127 Å². The molecule has 0 atom stereocenters. The fourth-order valence-corrected chi connectivity index (χ4v) is 2.32. The van der Waals surface area contributed by atoms with Crippen LogP contribution in [0.1, 0.15) is 23.4 Å². The van der Waals surface area contributed by atoms with Crippen molar-refractivity contribution in [1.29, 1.82) is 0 Å². The normalized spacial score (nSPS) is 14.7. The number of nitrogens with zero attached hydrogens (tertiary/aromatic N) is 2. The Morgan fingerprint density at radius 1 is 1.09 bits per heavy atom. The van der Waals surface area contributed by atoms with Gasteiger partial charge in [-0.05, 0) is 30.2 Å². The van der Waals surface area contributed by atoms with Gasteiger partial charge in [-0.2, -0.15) is 0 Å². The summed E-state index contributed by atoms with van der Waals surface area (Å²) in [7, 11) is 0. The lowest BCUT2D eigenvalue weighted by Gasteiger charge is -2.16. The van der Waals surface area contributed by atoms with Crippen LogP contribution in [0.5, 0.6) is 5.75 Å². The van der Waals surface area contributed by atoms with Crippen molar-refractivity contribution in [3.8, 4) is 5.75 Å². The number of nitrogens with one attached hydrogen (secondary N) is 2.